The number of hydrogen-bond donors (Lipinski definition) is 0. The molecule has 0 fully saturated rings. The highest BCUT2D eigenvalue weighted by atomic mass is 127. The van der Waals surface area contributed by atoms with Gasteiger partial charge in [-0.1, -0.05) is 12.7 Å². The second kappa shape index (κ2) is 8.11. The first-order valence-corrected chi connectivity index (χ1v) is 7.09. The molecule has 1 aromatic carbocycles. The first kappa shape index (κ1) is 16.8. The highest BCUT2D eigenvalue weighted by molar-refractivity contribution is 14.1. The largest absolute Gasteiger partial charge is 0.516 e. The molecule has 0 radical (unpaired) electrons. The molecule has 1 aromatic rings. The van der Waals surface area contributed by atoms with Crippen LogP contribution in [0.3, 0.4) is 0 Å². The van der Waals surface area contributed by atoms with Crippen molar-refractivity contribution in [1.29, 1.82) is 0 Å². The maximum atomic E-state index is 11.7. The SMILES string of the molecule is C=Cc1cc(I)c(OC(=O)OC(C)OCC)c(OC)c1. The van der Waals surface area contributed by atoms with E-state index in [1.165, 1.54) is 7.11 Å². The Balaban J connectivity index is 2.86. The second-order valence-corrected chi connectivity index (χ2v) is 4.89. The molecule has 0 aliphatic heterocycles. The zero-order valence-corrected chi connectivity index (χ0v) is 13.8. The summed E-state index contributed by atoms with van der Waals surface area (Å²) in [6.45, 7) is 7.57. The number of halogens is 1. The highest BCUT2D eigenvalue weighted by Gasteiger charge is 2.18. The van der Waals surface area contributed by atoms with Gasteiger partial charge in [-0.15, -0.1) is 0 Å². The lowest BCUT2D eigenvalue weighted by Gasteiger charge is -2.15. The predicted molar refractivity (Wildman–Crippen MR) is 84.0 cm³/mol. The second-order valence-electron chi connectivity index (χ2n) is 3.73. The number of hydrogen-bond acceptors (Lipinski definition) is 5. The Morgan fingerprint density at radius 1 is 1.50 bits per heavy atom. The average Bonchev–Trinajstić information content (AvgIpc) is 2.40. The fraction of sp³-hybridized carbons (Fsp3) is 0.357. The normalized spacial score (nSPS) is 11.6. The molecule has 0 saturated heterocycles. The number of rotatable bonds is 6. The minimum Gasteiger partial charge on any atom is -0.493 e. The van der Waals surface area contributed by atoms with Crippen LogP contribution in [0.2, 0.25) is 0 Å². The van der Waals surface area contributed by atoms with Gasteiger partial charge in [0.2, 0.25) is 6.29 Å². The van der Waals surface area contributed by atoms with Crippen LogP contribution >= 0.6 is 22.6 Å². The van der Waals surface area contributed by atoms with Gasteiger partial charge in [-0.25, -0.2) is 4.79 Å². The summed E-state index contributed by atoms with van der Waals surface area (Å²) in [6.07, 6.45) is 0.182. The first-order chi connectivity index (χ1) is 9.51. The molecular formula is C14H17IO5. The number of methoxy groups -OCH3 is 1. The van der Waals surface area contributed by atoms with Crippen LogP contribution in [-0.4, -0.2) is 26.2 Å². The van der Waals surface area contributed by atoms with Gasteiger partial charge in [0.25, 0.3) is 0 Å². The van der Waals surface area contributed by atoms with Gasteiger partial charge in [0.1, 0.15) is 0 Å². The van der Waals surface area contributed by atoms with Crippen molar-refractivity contribution in [3.63, 3.8) is 0 Å². The van der Waals surface area contributed by atoms with Gasteiger partial charge in [-0.2, -0.15) is 0 Å². The van der Waals surface area contributed by atoms with Crippen LogP contribution in [0.5, 0.6) is 11.5 Å². The molecule has 5 nitrogen and oxygen atoms in total. The summed E-state index contributed by atoms with van der Waals surface area (Å²) in [6, 6.07) is 3.55. The van der Waals surface area contributed by atoms with E-state index in [-0.39, 0.29) is 0 Å². The van der Waals surface area contributed by atoms with Crippen molar-refractivity contribution in [2.24, 2.45) is 0 Å². The van der Waals surface area contributed by atoms with E-state index in [1.54, 1.807) is 19.1 Å². The molecule has 0 N–H and O–H groups in total. The molecule has 0 aliphatic carbocycles. The molecule has 0 heterocycles. The topological polar surface area (TPSA) is 54.0 Å². The number of carbonyl (C=O) groups excluding carboxylic acids is 1. The molecule has 1 atom stereocenters. The Bertz CT molecular complexity index is 487. The van der Waals surface area contributed by atoms with Crippen molar-refractivity contribution in [3.05, 3.63) is 27.8 Å². The number of benzene rings is 1. The molecule has 0 amide bonds. The molecule has 0 bridgehead atoms. The van der Waals surface area contributed by atoms with Gasteiger partial charge in [0.05, 0.1) is 10.7 Å². The van der Waals surface area contributed by atoms with Gasteiger partial charge in [-0.3, -0.25) is 0 Å². The molecule has 0 aliphatic rings. The zero-order valence-electron chi connectivity index (χ0n) is 11.6. The zero-order chi connectivity index (χ0) is 15.1. The van der Waals surface area contributed by atoms with Gasteiger partial charge in [-0.05, 0) is 54.1 Å². The third-order valence-electron chi connectivity index (χ3n) is 2.34. The molecular weight excluding hydrogens is 375 g/mol. The summed E-state index contributed by atoms with van der Waals surface area (Å²) in [5.41, 5.74) is 0.870. The van der Waals surface area contributed by atoms with E-state index in [9.17, 15) is 4.79 Å². The smallest absolute Gasteiger partial charge is 0.493 e. The highest BCUT2D eigenvalue weighted by Crippen LogP contribution is 2.34. The van der Waals surface area contributed by atoms with Crippen molar-refractivity contribution < 1.29 is 23.7 Å². The van der Waals surface area contributed by atoms with Crippen LogP contribution in [0.15, 0.2) is 18.7 Å². The summed E-state index contributed by atoms with van der Waals surface area (Å²) in [5, 5.41) is 0. The molecule has 1 unspecified atom stereocenters. The van der Waals surface area contributed by atoms with E-state index >= 15 is 0 Å². The Morgan fingerprint density at radius 3 is 2.75 bits per heavy atom. The average molecular weight is 392 g/mol. The quantitative estimate of drug-likeness (QED) is 0.319. The lowest BCUT2D eigenvalue weighted by Crippen LogP contribution is -2.21. The van der Waals surface area contributed by atoms with Crippen LogP contribution in [-0.2, 0) is 9.47 Å². The van der Waals surface area contributed by atoms with Crippen LogP contribution < -0.4 is 9.47 Å². The minimum absolute atomic E-state index is 0.312. The maximum Gasteiger partial charge on any atom is 0.516 e. The Kier molecular flexibility index (Phi) is 6.80. The van der Waals surface area contributed by atoms with Crippen molar-refractivity contribution >= 4 is 34.8 Å². The fourth-order valence-corrected chi connectivity index (χ4v) is 2.20. The molecule has 0 aromatic heterocycles. The Morgan fingerprint density at radius 2 is 2.20 bits per heavy atom. The van der Waals surface area contributed by atoms with Gasteiger partial charge < -0.3 is 18.9 Å². The van der Waals surface area contributed by atoms with Crippen molar-refractivity contribution in [1.82, 2.24) is 0 Å². The lowest BCUT2D eigenvalue weighted by molar-refractivity contribution is -0.0981. The van der Waals surface area contributed by atoms with E-state index < -0.39 is 12.4 Å². The van der Waals surface area contributed by atoms with Crippen LogP contribution in [0.4, 0.5) is 4.79 Å². The van der Waals surface area contributed by atoms with Gasteiger partial charge >= 0.3 is 6.16 Å². The van der Waals surface area contributed by atoms with E-state index in [1.807, 2.05) is 13.0 Å². The molecule has 110 valence electrons. The molecule has 1 rings (SSSR count). The molecule has 0 saturated carbocycles. The Hall–Kier alpha value is -1.28. The van der Waals surface area contributed by atoms with Crippen LogP contribution in [0, 0.1) is 3.57 Å². The Labute approximate surface area is 132 Å². The van der Waals surface area contributed by atoms with Crippen molar-refractivity contribution in [2.45, 2.75) is 20.1 Å². The third-order valence-corrected chi connectivity index (χ3v) is 3.14. The van der Waals surface area contributed by atoms with E-state index in [0.717, 1.165) is 9.13 Å². The van der Waals surface area contributed by atoms with Crippen LogP contribution in [0.25, 0.3) is 6.08 Å². The van der Waals surface area contributed by atoms with Gasteiger partial charge in [0.15, 0.2) is 11.5 Å². The molecule has 20 heavy (non-hydrogen) atoms. The van der Waals surface area contributed by atoms with E-state index in [0.29, 0.717) is 18.1 Å². The number of carbonyl (C=O) groups is 1. The van der Waals surface area contributed by atoms with Crippen molar-refractivity contribution in [3.8, 4) is 11.5 Å². The van der Waals surface area contributed by atoms with E-state index in [2.05, 4.69) is 29.2 Å². The maximum absolute atomic E-state index is 11.7. The third kappa shape index (κ3) is 4.68. The van der Waals surface area contributed by atoms with E-state index in [4.69, 9.17) is 18.9 Å². The summed E-state index contributed by atoms with van der Waals surface area (Å²) in [4.78, 5) is 11.7. The summed E-state index contributed by atoms with van der Waals surface area (Å²) >= 11 is 2.05. The summed E-state index contributed by atoms with van der Waals surface area (Å²) < 4.78 is 21.1. The molecule has 6 heteroatoms. The first-order valence-electron chi connectivity index (χ1n) is 6.01. The standard InChI is InChI=1S/C14H17IO5/c1-5-10-7-11(15)13(12(8-10)17-4)20-14(16)19-9(3)18-6-2/h5,7-9H,1,6H2,2-4H3. The molecule has 0 spiro atoms. The van der Waals surface area contributed by atoms with Crippen LogP contribution in [0.1, 0.15) is 19.4 Å². The summed E-state index contributed by atoms with van der Waals surface area (Å²) in [7, 11) is 1.50. The van der Waals surface area contributed by atoms with Crippen molar-refractivity contribution in [2.75, 3.05) is 13.7 Å². The van der Waals surface area contributed by atoms with Gasteiger partial charge in [0, 0.05) is 6.61 Å². The number of ether oxygens (including phenoxy) is 4. The monoisotopic (exact) mass is 392 g/mol. The predicted octanol–water partition coefficient (Wildman–Crippen LogP) is 3.84. The lowest BCUT2D eigenvalue weighted by atomic mass is 10.2. The summed E-state index contributed by atoms with van der Waals surface area (Å²) in [5.74, 6) is 0.750. The fourth-order valence-electron chi connectivity index (χ4n) is 1.47. The minimum atomic E-state index is -0.839.